The van der Waals surface area contributed by atoms with Gasteiger partial charge in [-0.1, -0.05) is 13.3 Å². The van der Waals surface area contributed by atoms with Gasteiger partial charge in [0.1, 0.15) is 24.6 Å². The lowest BCUT2D eigenvalue weighted by Crippen LogP contribution is -2.21. The zero-order chi connectivity index (χ0) is 15.4. The molecule has 0 amide bonds. The highest BCUT2D eigenvalue weighted by atomic mass is 16.6. The summed E-state index contributed by atoms with van der Waals surface area (Å²) in [7, 11) is 0. The molecule has 4 heteroatoms. The second-order valence-corrected chi connectivity index (χ2v) is 6.11. The maximum atomic E-state index is 12.3. The van der Waals surface area contributed by atoms with Gasteiger partial charge in [-0.15, -0.1) is 0 Å². The molecule has 1 aliphatic heterocycles. The molecule has 1 unspecified atom stereocenters. The lowest BCUT2D eigenvalue weighted by atomic mass is 9.98. The van der Waals surface area contributed by atoms with Crippen LogP contribution in [0.3, 0.4) is 0 Å². The Morgan fingerprint density at radius 3 is 2.73 bits per heavy atom. The number of ether oxygens (including phenoxy) is 3. The van der Waals surface area contributed by atoms with Crippen LogP contribution in [-0.4, -0.2) is 31.4 Å². The first-order valence-electron chi connectivity index (χ1n) is 8.34. The zero-order valence-corrected chi connectivity index (χ0v) is 13.2. The molecule has 1 aromatic rings. The molecule has 22 heavy (non-hydrogen) atoms. The largest absolute Gasteiger partial charge is 0.491 e. The van der Waals surface area contributed by atoms with Gasteiger partial charge in [0.25, 0.3) is 0 Å². The van der Waals surface area contributed by atoms with E-state index >= 15 is 0 Å². The van der Waals surface area contributed by atoms with Crippen molar-refractivity contribution >= 4 is 5.97 Å². The van der Waals surface area contributed by atoms with Gasteiger partial charge >= 0.3 is 5.97 Å². The van der Waals surface area contributed by atoms with E-state index in [-0.39, 0.29) is 18.2 Å². The molecular weight excluding hydrogens is 280 g/mol. The topological polar surface area (TPSA) is 48.1 Å². The first-order chi connectivity index (χ1) is 10.8. The predicted molar refractivity (Wildman–Crippen MR) is 83.3 cm³/mol. The van der Waals surface area contributed by atoms with Crippen LogP contribution in [0, 0.1) is 0 Å². The smallest absolute Gasteiger partial charge is 0.338 e. The molecule has 0 radical (unpaired) electrons. The van der Waals surface area contributed by atoms with Gasteiger partial charge in [-0.25, -0.2) is 4.79 Å². The van der Waals surface area contributed by atoms with E-state index in [1.54, 1.807) is 6.07 Å². The number of epoxide rings is 1. The molecule has 0 spiro atoms. The molecule has 0 N–H and O–H groups in total. The van der Waals surface area contributed by atoms with Gasteiger partial charge in [0.2, 0.25) is 0 Å². The average molecular weight is 304 g/mol. The molecule has 1 heterocycles. The van der Waals surface area contributed by atoms with Crippen molar-refractivity contribution in [3.8, 4) is 5.75 Å². The van der Waals surface area contributed by atoms with Crippen LogP contribution in [0.2, 0.25) is 0 Å². The molecule has 2 aliphatic rings. The molecule has 1 aromatic carbocycles. The highest BCUT2D eigenvalue weighted by Gasteiger charge is 2.24. The molecular formula is C18H24O4. The minimum absolute atomic E-state index is 0.0919. The number of hydrogen-bond donors (Lipinski definition) is 0. The van der Waals surface area contributed by atoms with Crippen molar-refractivity contribution in [1.82, 2.24) is 0 Å². The number of hydrogen-bond acceptors (Lipinski definition) is 4. The van der Waals surface area contributed by atoms with Gasteiger partial charge in [0, 0.05) is 0 Å². The Bertz CT molecular complexity index is 516. The molecule has 2 fully saturated rings. The van der Waals surface area contributed by atoms with E-state index < -0.39 is 0 Å². The van der Waals surface area contributed by atoms with E-state index in [4.69, 9.17) is 14.2 Å². The third kappa shape index (κ3) is 4.01. The normalized spacial score (nSPS) is 21.4. The molecule has 120 valence electrons. The first-order valence-corrected chi connectivity index (χ1v) is 8.34. The number of esters is 1. The number of carbonyl (C=O) groups is 1. The summed E-state index contributed by atoms with van der Waals surface area (Å²) in [5.41, 5.74) is 1.66. The lowest BCUT2D eigenvalue weighted by molar-refractivity contribution is 0.0211. The summed E-state index contributed by atoms with van der Waals surface area (Å²) >= 11 is 0. The van der Waals surface area contributed by atoms with Crippen molar-refractivity contribution in [2.24, 2.45) is 0 Å². The van der Waals surface area contributed by atoms with Gasteiger partial charge < -0.3 is 14.2 Å². The highest BCUT2D eigenvalue weighted by molar-refractivity contribution is 5.90. The monoisotopic (exact) mass is 304 g/mol. The van der Waals surface area contributed by atoms with Crippen molar-refractivity contribution in [2.75, 3.05) is 13.2 Å². The summed E-state index contributed by atoms with van der Waals surface area (Å²) in [4.78, 5) is 12.3. The molecule has 3 rings (SSSR count). The second-order valence-electron chi connectivity index (χ2n) is 6.11. The van der Waals surface area contributed by atoms with Crippen molar-refractivity contribution < 1.29 is 19.0 Å². The molecule has 1 saturated carbocycles. The van der Waals surface area contributed by atoms with Crippen molar-refractivity contribution in [2.45, 2.75) is 57.7 Å². The average Bonchev–Trinajstić information content (AvgIpc) is 3.38. The SMILES string of the molecule is CCc1cc(C(=O)OC2CCCCC2)ccc1OCC1CO1. The Kier molecular flexibility index (Phi) is 4.98. The Morgan fingerprint density at radius 2 is 2.05 bits per heavy atom. The van der Waals surface area contributed by atoms with Gasteiger partial charge in [0.05, 0.1) is 12.2 Å². The van der Waals surface area contributed by atoms with Gasteiger partial charge in [-0.3, -0.25) is 0 Å². The van der Waals surface area contributed by atoms with Gasteiger partial charge in [0.15, 0.2) is 0 Å². The van der Waals surface area contributed by atoms with Crippen LogP contribution in [0.15, 0.2) is 18.2 Å². The van der Waals surface area contributed by atoms with E-state index in [2.05, 4.69) is 6.92 Å². The minimum atomic E-state index is -0.210. The van der Waals surface area contributed by atoms with E-state index in [1.165, 1.54) is 6.42 Å². The number of benzene rings is 1. The van der Waals surface area contributed by atoms with Crippen LogP contribution in [-0.2, 0) is 15.9 Å². The zero-order valence-electron chi connectivity index (χ0n) is 13.2. The standard InChI is InChI=1S/C18H24O4/c1-2-13-10-14(8-9-17(13)21-12-16-11-20-16)18(19)22-15-6-4-3-5-7-15/h8-10,15-16H,2-7,11-12H2,1H3. The Labute approximate surface area is 131 Å². The van der Waals surface area contributed by atoms with Crippen LogP contribution >= 0.6 is 0 Å². The lowest BCUT2D eigenvalue weighted by Gasteiger charge is -2.22. The summed E-state index contributed by atoms with van der Waals surface area (Å²) in [6, 6.07) is 5.57. The molecule has 1 aliphatic carbocycles. The number of carbonyl (C=O) groups excluding carboxylic acids is 1. The number of rotatable bonds is 6. The summed E-state index contributed by atoms with van der Waals surface area (Å²) in [5, 5.41) is 0. The summed E-state index contributed by atoms with van der Waals surface area (Å²) in [6.45, 7) is 3.43. The second kappa shape index (κ2) is 7.14. The Hall–Kier alpha value is -1.55. The van der Waals surface area contributed by atoms with Gasteiger partial charge in [-0.05, 0) is 55.9 Å². The summed E-state index contributed by atoms with van der Waals surface area (Å²) < 4.78 is 16.5. The third-order valence-electron chi connectivity index (χ3n) is 4.33. The third-order valence-corrected chi connectivity index (χ3v) is 4.33. The molecule has 0 aromatic heterocycles. The molecule has 1 atom stereocenters. The van der Waals surface area contributed by atoms with Crippen LogP contribution < -0.4 is 4.74 Å². The van der Waals surface area contributed by atoms with Crippen LogP contribution in [0.25, 0.3) is 0 Å². The number of aryl methyl sites for hydroxylation is 1. The highest BCUT2D eigenvalue weighted by Crippen LogP contribution is 2.25. The van der Waals surface area contributed by atoms with Crippen molar-refractivity contribution in [3.05, 3.63) is 29.3 Å². The van der Waals surface area contributed by atoms with Gasteiger partial charge in [-0.2, -0.15) is 0 Å². The fourth-order valence-corrected chi connectivity index (χ4v) is 2.87. The fourth-order valence-electron chi connectivity index (χ4n) is 2.87. The van der Waals surface area contributed by atoms with Crippen molar-refractivity contribution in [3.63, 3.8) is 0 Å². The first kappa shape index (κ1) is 15.3. The maximum Gasteiger partial charge on any atom is 0.338 e. The van der Waals surface area contributed by atoms with Crippen LogP contribution in [0.1, 0.15) is 54.9 Å². The fraction of sp³-hybridized carbons (Fsp3) is 0.611. The van der Waals surface area contributed by atoms with E-state index in [9.17, 15) is 4.79 Å². The Morgan fingerprint density at radius 1 is 1.27 bits per heavy atom. The predicted octanol–water partition coefficient (Wildman–Crippen LogP) is 3.52. The summed E-state index contributed by atoms with van der Waals surface area (Å²) in [5.74, 6) is 0.630. The van der Waals surface area contributed by atoms with Crippen molar-refractivity contribution in [1.29, 1.82) is 0 Å². The minimum Gasteiger partial charge on any atom is -0.491 e. The van der Waals surface area contributed by atoms with E-state index in [0.29, 0.717) is 12.2 Å². The maximum absolute atomic E-state index is 12.3. The van der Waals surface area contributed by atoms with E-state index in [1.807, 2.05) is 12.1 Å². The molecule has 1 saturated heterocycles. The Balaban J connectivity index is 1.63. The molecule has 4 nitrogen and oxygen atoms in total. The van der Waals surface area contributed by atoms with Crippen LogP contribution in [0.5, 0.6) is 5.75 Å². The molecule has 0 bridgehead atoms. The summed E-state index contributed by atoms with van der Waals surface area (Å²) in [6.07, 6.45) is 6.72. The van der Waals surface area contributed by atoms with E-state index in [0.717, 1.165) is 50.0 Å². The van der Waals surface area contributed by atoms with Crippen LogP contribution in [0.4, 0.5) is 0 Å². The quantitative estimate of drug-likeness (QED) is 0.596.